The Bertz CT molecular complexity index is 559. The number of benzene rings is 1. The fourth-order valence-electron chi connectivity index (χ4n) is 2.37. The van der Waals surface area contributed by atoms with Gasteiger partial charge in [-0.05, 0) is 50.6 Å². The Morgan fingerprint density at radius 2 is 1.90 bits per heavy atom. The molecule has 4 nitrogen and oxygen atoms in total. The molecule has 0 unspecified atom stereocenters. The maximum absolute atomic E-state index is 13.3. The van der Waals surface area contributed by atoms with Gasteiger partial charge >= 0.3 is 0 Å². The third-order valence-electron chi connectivity index (χ3n) is 3.63. The van der Waals surface area contributed by atoms with E-state index in [1.807, 2.05) is 0 Å². The van der Waals surface area contributed by atoms with Crippen LogP contribution in [0, 0.1) is 12.7 Å². The van der Waals surface area contributed by atoms with Crippen molar-refractivity contribution in [2.75, 3.05) is 20.1 Å². The van der Waals surface area contributed by atoms with Gasteiger partial charge in [-0.3, -0.25) is 0 Å². The van der Waals surface area contributed by atoms with E-state index >= 15 is 0 Å². The fourth-order valence-corrected chi connectivity index (χ4v) is 4.02. The van der Waals surface area contributed by atoms with Gasteiger partial charge in [0.2, 0.25) is 10.0 Å². The van der Waals surface area contributed by atoms with Crippen LogP contribution < -0.4 is 5.32 Å². The van der Waals surface area contributed by atoms with Gasteiger partial charge in [-0.2, -0.15) is 4.31 Å². The number of rotatable bonds is 3. The summed E-state index contributed by atoms with van der Waals surface area (Å²) in [5.74, 6) is -0.525. The SMILES string of the molecule is Cc1ccc(F)cc1S(=O)(=O)N(C)C1CCNCC1.Cl. The van der Waals surface area contributed by atoms with Crippen LogP contribution in [0.3, 0.4) is 0 Å². The zero-order valence-corrected chi connectivity index (χ0v) is 13.2. The monoisotopic (exact) mass is 322 g/mol. The molecule has 1 aliphatic rings. The van der Waals surface area contributed by atoms with E-state index in [-0.39, 0.29) is 23.3 Å². The van der Waals surface area contributed by atoms with Crippen LogP contribution in [0.4, 0.5) is 4.39 Å². The van der Waals surface area contributed by atoms with E-state index in [2.05, 4.69) is 5.32 Å². The second kappa shape index (κ2) is 6.85. The van der Waals surface area contributed by atoms with Gasteiger partial charge < -0.3 is 5.32 Å². The van der Waals surface area contributed by atoms with Crippen molar-refractivity contribution in [1.82, 2.24) is 9.62 Å². The molecule has 20 heavy (non-hydrogen) atoms. The number of hydrogen-bond acceptors (Lipinski definition) is 3. The first kappa shape index (κ1) is 17.4. The van der Waals surface area contributed by atoms with E-state index < -0.39 is 15.8 Å². The minimum atomic E-state index is -3.63. The van der Waals surface area contributed by atoms with Gasteiger partial charge in [0.05, 0.1) is 4.90 Å². The number of nitrogens with zero attached hydrogens (tertiary/aromatic N) is 1. The van der Waals surface area contributed by atoms with Crippen LogP contribution in [0.15, 0.2) is 23.1 Å². The second-order valence-corrected chi connectivity index (χ2v) is 6.88. The average molecular weight is 323 g/mol. The van der Waals surface area contributed by atoms with Crippen molar-refractivity contribution in [3.05, 3.63) is 29.6 Å². The summed E-state index contributed by atoms with van der Waals surface area (Å²) in [4.78, 5) is 0.0635. The van der Waals surface area contributed by atoms with Gasteiger partial charge in [0.1, 0.15) is 5.82 Å². The quantitative estimate of drug-likeness (QED) is 0.925. The molecule has 2 rings (SSSR count). The molecule has 1 fully saturated rings. The Morgan fingerprint density at radius 3 is 2.50 bits per heavy atom. The Balaban J connectivity index is 0.00000200. The molecule has 0 atom stereocenters. The molecule has 1 heterocycles. The smallest absolute Gasteiger partial charge is 0.243 e. The van der Waals surface area contributed by atoms with Crippen LogP contribution in [0.1, 0.15) is 18.4 Å². The zero-order chi connectivity index (χ0) is 14.0. The molecule has 0 aliphatic carbocycles. The van der Waals surface area contributed by atoms with Crippen molar-refractivity contribution >= 4 is 22.4 Å². The van der Waals surface area contributed by atoms with Gasteiger partial charge in [0.25, 0.3) is 0 Å². The molecule has 0 saturated carbocycles. The number of nitrogens with one attached hydrogen (secondary N) is 1. The minimum Gasteiger partial charge on any atom is -0.317 e. The normalized spacial score (nSPS) is 17.0. The van der Waals surface area contributed by atoms with Gasteiger partial charge in [0, 0.05) is 13.1 Å². The third kappa shape index (κ3) is 3.49. The van der Waals surface area contributed by atoms with Gasteiger partial charge in [-0.1, -0.05) is 6.07 Å². The minimum absolute atomic E-state index is 0. The highest BCUT2D eigenvalue weighted by Gasteiger charge is 2.30. The van der Waals surface area contributed by atoms with E-state index in [0.29, 0.717) is 5.56 Å². The zero-order valence-electron chi connectivity index (χ0n) is 11.6. The highest BCUT2D eigenvalue weighted by molar-refractivity contribution is 7.89. The summed E-state index contributed by atoms with van der Waals surface area (Å²) < 4.78 is 39.8. The standard InChI is InChI=1S/C13H19FN2O2S.ClH/c1-10-3-4-11(14)9-13(10)19(17,18)16(2)12-5-7-15-8-6-12;/h3-4,9,12,15H,5-8H2,1-2H3;1H. The lowest BCUT2D eigenvalue weighted by atomic mass is 10.1. The number of sulfonamides is 1. The van der Waals surface area contributed by atoms with Crippen molar-refractivity contribution in [2.45, 2.75) is 30.7 Å². The van der Waals surface area contributed by atoms with E-state index in [1.54, 1.807) is 14.0 Å². The van der Waals surface area contributed by atoms with Crippen LogP contribution in [0.2, 0.25) is 0 Å². The highest BCUT2D eigenvalue weighted by Crippen LogP contribution is 2.24. The van der Waals surface area contributed by atoms with Crippen molar-refractivity contribution in [3.8, 4) is 0 Å². The van der Waals surface area contributed by atoms with Crippen molar-refractivity contribution in [3.63, 3.8) is 0 Å². The number of piperidine rings is 1. The lowest BCUT2D eigenvalue weighted by molar-refractivity contribution is 0.296. The highest BCUT2D eigenvalue weighted by atomic mass is 35.5. The van der Waals surface area contributed by atoms with E-state index in [4.69, 9.17) is 0 Å². The Kier molecular flexibility index (Phi) is 5.94. The van der Waals surface area contributed by atoms with Gasteiger partial charge in [0.15, 0.2) is 0 Å². The van der Waals surface area contributed by atoms with Crippen molar-refractivity contribution in [2.24, 2.45) is 0 Å². The Hall–Kier alpha value is -0.690. The summed E-state index contributed by atoms with van der Waals surface area (Å²) in [5.41, 5.74) is 0.571. The third-order valence-corrected chi connectivity index (χ3v) is 5.68. The summed E-state index contributed by atoms with van der Waals surface area (Å²) in [6, 6.07) is 3.86. The predicted octanol–water partition coefficient (Wildman–Crippen LogP) is 1.93. The molecule has 1 aromatic carbocycles. The summed E-state index contributed by atoms with van der Waals surface area (Å²) in [5, 5.41) is 3.20. The number of aryl methyl sites for hydroxylation is 1. The predicted molar refractivity (Wildman–Crippen MR) is 79.2 cm³/mol. The van der Waals surface area contributed by atoms with Crippen molar-refractivity contribution < 1.29 is 12.8 Å². The van der Waals surface area contributed by atoms with E-state index in [9.17, 15) is 12.8 Å². The van der Waals surface area contributed by atoms with Crippen LogP contribution in [-0.2, 0) is 10.0 Å². The van der Waals surface area contributed by atoms with E-state index in [1.165, 1.54) is 16.4 Å². The molecule has 0 amide bonds. The molecule has 7 heteroatoms. The van der Waals surface area contributed by atoms with Crippen LogP contribution in [0.25, 0.3) is 0 Å². The van der Waals surface area contributed by atoms with Gasteiger partial charge in [-0.25, -0.2) is 12.8 Å². The molecule has 0 radical (unpaired) electrons. The summed E-state index contributed by atoms with van der Waals surface area (Å²) in [7, 11) is -2.05. The molecule has 1 saturated heterocycles. The van der Waals surface area contributed by atoms with E-state index in [0.717, 1.165) is 32.0 Å². The molecule has 0 aromatic heterocycles. The molecule has 1 aromatic rings. The molecule has 1 aliphatic heterocycles. The fraction of sp³-hybridized carbons (Fsp3) is 0.538. The first-order chi connectivity index (χ1) is 8.93. The second-order valence-electron chi connectivity index (χ2n) is 4.91. The molecule has 0 spiro atoms. The maximum atomic E-state index is 13.3. The average Bonchev–Trinajstić information content (AvgIpc) is 2.41. The van der Waals surface area contributed by atoms with Gasteiger partial charge in [-0.15, -0.1) is 12.4 Å². The van der Waals surface area contributed by atoms with Crippen LogP contribution in [-0.4, -0.2) is 38.9 Å². The first-order valence-electron chi connectivity index (χ1n) is 6.38. The number of hydrogen-bond donors (Lipinski definition) is 1. The molecular formula is C13H20ClFN2O2S. The van der Waals surface area contributed by atoms with Crippen molar-refractivity contribution in [1.29, 1.82) is 0 Å². The lowest BCUT2D eigenvalue weighted by Gasteiger charge is -2.31. The summed E-state index contributed by atoms with van der Waals surface area (Å²) >= 11 is 0. The molecule has 0 bridgehead atoms. The molecule has 1 N–H and O–H groups in total. The van der Waals surface area contributed by atoms with Crippen LogP contribution in [0.5, 0.6) is 0 Å². The molecular weight excluding hydrogens is 303 g/mol. The maximum Gasteiger partial charge on any atom is 0.243 e. The Morgan fingerprint density at radius 1 is 1.30 bits per heavy atom. The summed E-state index contributed by atoms with van der Waals surface area (Å²) in [6.07, 6.45) is 1.56. The first-order valence-corrected chi connectivity index (χ1v) is 7.82. The topological polar surface area (TPSA) is 49.4 Å². The summed E-state index contributed by atoms with van der Waals surface area (Å²) in [6.45, 7) is 3.31. The lowest BCUT2D eigenvalue weighted by Crippen LogP contribution is -2.44. The Labute approximate surface area is 125 Å². The number of halogens is 2. The van der Waals surface area contributed by atoms with Crippen LogP contribution >= 0.6 is 12.4 Å². The molecule has 114 valence electrons. The largest absolute Gasteiger partial charge is 0.317 e.